The zero-order chi connectivity index (χ0) is 46.6. The molecule has 0 bridgehead atoms. The molecule has 3 heterocycles. The van der Waals surface area contributed by atoms with Gasteiger partial charge in [-0.3, -0.25) is 4.90 Å². The van der Waals surface area contributed by atoms with Gasteiger partial charge in [0.1, 0.15) is 0 Å². The Kier molecular flexibility index (Phi) is 11.4. The van der Waals surface area contributed by atoms with Crippen LogP contribution in [0.1, 0.15) is 0 Å². The van der Waals surface area contributed by atoms with Crippen LogP contribution >= 0.6 is 11.3 Å². The number of thiazole rings is 1. The largest absolute Gasteiger partial charge is 0.286 e. The minimum atomic E-state index is 0.892. The topological polar surface area (TPSA) is 41.9 Å². The van der Waals surface area contributed by atoms with E-state index in [0.717, 1.165) is 116 Å². The molecule has 3 aromatic heterocycles. The van der Waals surface area contributed by atoms with Crippen LogP contribution in [0, 0.1) is 0 Å². The van der Waals surface area contributed by atoms with Crippen molar-refractivity contribution in [2.24, 2.45) is 0 Å². The van der Waals surface area contributed by atoms with Crippen molar-refractivity contribution in [3.05, 3.63) is 267 Å². The fourth-order valence-corrected chi connectivity index (χ4v) is 10.5. The van der Waals surface area contributed by atoms with Gasteiger partial charge in [-0.05, 0) is 58.7 Å². The zero-order valence-electron chi connectivity index (χ0n) is 38.1. The molecule has 0 unspecified atom stereocenters. The molecule has 0 fully saturated rings. The van der Waals surface area contributed by atoms with Gasteiger partial charge >= 0.3 is 0 Å². The third-order valence-electron chi connectivity index (χ3n) is 12.8. The number of aromatic nitrogens is 3. The Labute approximate surface area is 412 Å². The van der Waals surface area contributed by atoms with Crippen molar-refractivity contribution in [1.29, 1.82) is 0 Å². The Hall–Kier alpha value is -9.03. The Morgan fingerprint density at radius 2 is 0.586 bits per heavy atom. The molecule has 0 spiro atoms. The maximum absolute atomic E-state index is 5.57. The van der Waals surface area contributed by atoms with E-state index in [0.29, 0.717) is 0 Å². The van der Waals surface area contributed by atoms with Crippen molar-refractivity contribution in [2.45, 2.75) is 0 Å². The summed E-state index contributed by atoms with van der Waals surface area (Å²) < 4.78 is 1.12. The van der Waals surface area contributed by atoms with E-state index < -0.39 is 0 Å². The Balaban J connectivity index is 0.967. The first-order valence-corrected chi connectivity index (χ1v) is 24.3. The molecule has 4 nitrogen and oxygen atoms in total. The van der Waals surface area contributed by atoms with Crippen LogP contribution in [0.2, 0.25) is 0 Å². The highest BCUT2D eigenvalue weighted by atomic mass is 32.1. The summed E-state index contributed by atoms with van der Waals surface area (Å²) in [6, 6.07) is 93.8. The van der Waals surface area contributed by atoms with Crippen molar-refractivity contribution in [3.63, 3.8) is 0 Å². The van der Waals surface area contributed by atoms with E-state index >= 15 is 0 Å². The lowest BCUT2D eigenvalue weighted by Gasteiger charge is -2.22. The van der Waals surface area contributed by atoms with Crippen LogP contribution in [-0.2, 0) is 0 Å². The summed E-state index contributed by atoms with van der Waals surface area (Å²) in [4.78, 5) is 18.4. The van der Waals surface area contributed by atoms with Gasteiger partial charge in [0.15, 0.2) is 5.13 Å². The van der Waals surface area contributed by atoms with Crippen molar-refractivity contribution < 1.29 is 0 Å². The zero-order valence-corrected chi connectivity index (χ0v) is 38.9. The lowest BCUT2D eigenvalue weighted by molar-refractivity contribution is 1.25. The molecular weight excluding hydrogens is 869 g/mol. The molecule has 0 saturated heterocycles. The number of hydrogen-bond donors (Lipinski definition) is 0. The first kappa shape index (κ1) is 42.3. The monoisotopic (exact) mass is 912 g/mol. The molecule has 9 aromatic carbocycles. The second kappa shape index (κ2) is 18.9. The number of rotatable bonds is 11. The van der Waals surface area contributed by atoms with Crippen molar-refractivity contribution >= 4 is 38.1 Å². The fourth-order valence-electron chi connectivity index (χ4n) is 9.29. The van der Waals surface area contributed by atoms with Crippen LogP contribution in [0.3, 0.4) is 0 Å². The first-order valence-electron chi connectivity index (χ1n) is 23.5. The number of para-hydroxylation sites is 2. The maximum atomic E-state index is 5.57. The third-order valence-corrected chi connectivity index (χ3v) is 13.9. The summed E-state index contributed by atoms with van der Waals surface area (Å²) in [5, 5.41) is 0.892. The van der Waals surface area contributed by atoms with Crippen molar-refractivity contribution in [2.75, 3.05) is 4.90 Å². The molecule has 12 aromatic rings. The summed E-state index contributed by atoms with van der Waals surface area (Å²) in [7, 11) is 0. The summed E-state index contributed by atoms with van der Waals surface area (Å²) >= 11 is 1.72. The molecule has 0 atom stereocenters. The smallest absolute Gasteiger partial charge is 0.195 e. The van der Waals surface area contributed by atoms with Crippen LogP contribution in [0.4, 0.5) is 16.5 Å². The van der Waals surface area contributed by atoms with Gasteiger partial charge in [-0.1, -0.05) is 242 Å². The second-order valence-electron chi connectivity index (χ2n) is 17.1. The van der Waals surface area contributed by atoms with Gasteiger partial charge in [-0.2, -0.15) is 0 Å². The normalized spacial score (nSPS) is 11.1. The van der Waals surface area contributed by atoms with Crippen LogP contribution in [0.15, 0.2) is 267 Å². The molecule has 0 aliphatic heterocycles. The molecule has 0 amide bonds. The minimum Gasteiger partial charge on any atom is -0.286 e. The number of anilines is 3. The van der Waals surface area contributed by atoms with E-state index in [-0.39, 0.29) is 0 Å². The van der Waals surface area contributed by atoms with Gasteiger partial charge in [0, 0.05) is 55.9 Å². The lowest BCUT2D eigenvalue weighted by atomic mass is 9.94. The summed E-state index contributed by atoms with van der Waals surface area (Å²) in [5.74, 6) is 0. The van der Waals surface area contributed by atoms with Gasteiger partial charge in [0.25, 0.3) is 0 Å². The Bertz CT molecular complexity index is 3470. The molecule has 0 aliphatic rings. The van der Waals surface area contributed by atoms with Crippen molar-refractivity contribution in [3.8, 4) is 89.5 Å². The van der Waals surface area contributed by atoms with E-state index in [1.807, 2.05) is 18.2 Å². The quantitative estimate of drug-likeness (QED) is 0.130. The minimum absolute atomic E-state index is 0.892. The number of nitrogens with zero attached hydrogens (tertiary/aromatic N) is 4. The van der Waals surface area contributed by atoms with E-state index in [1.54, 1.807) is 11.3 Å². The van der Waals surface area contributed by atoms with Gasteiger partial charge < -0.3 is 0 Å². The molecule has 0 N–H and O–H groups in total. The SMILES string of the molecule is c1ccc(-c2ccc(-c3ccc(-c4ccc(-c5ccc(-c6ccc(-c7ccccc7)nc6-c6ccccc6)cc5)c5sc(N(c6ccccc6)c6ccccc6)nc45)cc3)c(-c3ccccc3)n2)cc1. The maximum Gasteiger partial charge on any atom is 0.195 e. The first-order chi connectivity index (χ1) is 34.7. The Morgan fingerprint density at radius 3 is 1.00 bits per heavy atom. The van der Waals surface area contributed by atoms with Gasteiger partial charge in [0.2, 0.25) is 0 Å². The van der Waals surface area contributed by atoms with E-state index in [9.17, 15) is 0 Å². The molecule has 12 rings (SSSR count). The van der Waals surface area contributed by atoms with Crippen LogP contribution in [-0.4, -0.2) is 15.0 Å². The van der Waals surface area contributed by atoms with Gasteiger partial charge in [0.05, 0.1) is 33.0 Å². The third kappa shape index (κ3) is 8.36. The molecule has 0 saturated carbocycles. The summed E-state index contributed by atoms with van der Waals surface area (Å²) in [6.45, 7) is 0. The molecule has 0 aliphatic carbocycles. The summed E-state index contributed by atoms with van der Waals surface area (Å²) in [6.07, 6.45) is 0. The highest BCUT2D eigenvalue weighted by Crippen LogP contribution is 2.46. The van der Waals surface area contributed by atoms with Crippen molar-refractivity contribution in [1.82, 2.24) is 15.0 Å². The average Bonchev–Trinajstić information content (AvgIpc) is 3.89. The van der Waals surface area contributed by atoms with Gasteiger partial charge in [-0.25, -0.2) is 15.0 Å². The highest BCUT2D eigenvalue weighted by molar-refractivity contribution is 7.23. The molecular formula is C65H44N4S. The van der Waals surface area contributed by atoms with E-state index in [2.05, 4.69) is 254 Å². The molecule has 5 heteroatoms. The number of fused-ring (bicyclic) bond motifs is 1. The van der Waals surface area contributed by atoms with E-state index in [1.165, 1.54) is 0 Å². The van der Waals surface area contributed by atoms with Crippen LogP contribution in [0.25, 0.3) is 99.8 Å². The standard InChI is InChI=1S/C65H44N4S/c1-7-19-49(20-8-1)59-43-41-55(61(66-59)51-23-11-3-12-24-51)45-31-33-47(34-32-45)57-39-40-58(64-63(57)68-65(70-64)69(53-27-15-5-16-28-53)54-29-17-6-18-30-54)48-37-35-46(36-38-48)56-42-44-60(50-21-9-2-10-22-50)67-62(56)52-25-13-4-14-26-52/h1-44H. The average molecular weight is 913 g/mol. The Morgan fingerprint density at radius 1 is 0.257 bits per heavy atom. The van der Waals surface area contributed by atoms with E-state index in [4.69, 9.17) is 15.0 Å². The summed E-state index contributed by atoms with van der Waals surface area (Å²) in [5.41, 5.74) is 20.0. The van der Waals surface area contributed by atoms with Crippen LogP contribution in [0.5, 0.6) is 0 Å². The highest BCUT2D eigenvalue weighted by Gasteiger charge is 2.22. The molecule has 0 radical (unpaired) electrons. The predicted molar refractivity (Wildman–Crippen MR) is 293 cm³/mol. The predicted octanol–water partition coefficient (Wildman–Crippen LogP) is 17.9. The van der Waals surface area contributed by atoms with Crippen LogP contribution < -0.4 is 4.90 Å². The lowest BCUT2D eigenvalue weighted by Crippen LogP contribution is -2.09. The number of hydrogen-bond acceptors (Lipinski definition) is 5. The number of benzene rings is 9. The second-order valence-corrected chi connectivity index (χ2v) is 18.1. The molecule has 70 heavy (non-hydrogen) atoms. The fraction of sp³-hybridized carbons (Fsp3) is 0. The van der Waals surface area contributed by atoms with Gasteiger partial charge in [-0.15, -0.1) is 0 Å². The number of pyridine rings is 2. The molecule has 330 valence electrons.